The van der Waals surface area contributed by atoms with Gasteiger partial charge in [0.15, 0.2) is 23.0 Å². The number of methoxy groups -OCH3 is 2. The van der Waals surface area contributed by atoms with Gasteiger partial charge in [-0.1, -0.05) is 30.3 Å². The van der Waals surface area contributed by atoms with Gasteiger partial charge < -0.3 is 19.7 Å². The predicted molar refractivity (Wildman–Crippen MR) is 115 cm³/mol. The molecule has 0 fully saturated rings. The summed E-state index contributed by atoms with van der Waals surface area (Å²) in [7, 11) is 3.12. The number of aromatic hydroxyl groups is 2. The van der Waals surface area contributed by atoms with Gasteiger partial charge in [-0.15, -0.1) is 0 Å². The van der Waals surface area contributed by atoms with Crippen molar-refractivity contribution in [3.63, 3.8) is 0 Å². The maximum absolute atomic E-state index is 11.1. The zero-order valence-corrected chi connectivity index (χ0v) is 17.2. The summed E-state index contributed by atoms with van der Waals surface area (Å²) in [6.07, 6.45) is 1.67. The molecule has 5 nitrogen and oxygen atoms in total. The van der Waals surface area contributed by atoms with Crippen molar-refractivity contribution in [3.8, 4) is 34.1 Å². The zero-order chi connectivity index (χ0) is 20.8. The van der Waals surface area contributed by atoms with E-state index in [0.29, 0.717) is 11.5 Å². The number of ether oxygens (including phenoxy) is 2. The highest BCUT2D eigenvalue weighted by molar-refractivity contribution is 5.84. The van der Waals surface area contributed by atoms with E-state index in [1.165, 1.54) is 18.2 Å². The molecule has 3 aromatic rings. The lowest BCUT2D eigenvalue weighted by atomic mass is 9.76. The largest absolute Gasteiger partial charge is 0.504 e. The van der Waals surface area contributed by atoms with Crippen molar-refractivity contribution in [1.29, 1.82) is 0 Å². The van der Waals surface area contributed by atoms with Crippen LogP contribution in [0.3, 0.4) is 0 Å². The maximum Gasteiger partial charge on any atom is 0.166 e. The van der Waals surface area contributed by atoms with Crippen LogP contribution >= 0.6 is 0 Å². The van der Waals surface area contributed by atoms with Gasteiger partial charge in [0.1, 0.15) is 0 Å². The fourth-order valence-corrected chi connectivity index (χ4v) is 4.96. The Morgan fingerprint density at radius 1 is 0.967 bits per heavy atom. The van der Waals surface area contributed by atoms with Crippen molar-refractivity contribution < 1.29 is 19.7 Å². The topological polar surface area (TPSA) is 62.2 Å². The number of benzene rings is 3. The molecular formula is C25H25NO4. The van der Waals surface area contributed by atoms with Crippen LogP contribution in [0.5, 0.6) is 23.0 Å². The van der Waals surface area contributed by atoms with Crippen LogP contribution in [-0.4, -0.2) is 35.9 Å². The van der Waals surface area contributed by atoms with E-state index in [-0.39, 0.29) is 17.5 Å². The lowest BCUT2D eigenvalue weighted by Gasteiger charge is -2.42. The minimum absolute atomic E-state index is 0.118. The molecule has 5 rings (SSSR count). The first kappa shape index (κ1) is 18.8. The number of hydrogen-bond acceptors (Lipinski definition) is 5. The van der Waals surface area contributed by atoms with Crippen molar-refractivity contribution in [2.45, 2.75) is 25.4 Å². The standard InChI is InChI=1S/C25H25NO4/c1-29-21-13-18-17(11-20(21)27)10-19-23-16(12-22(30-2)25(28)24(18)23)8-9-26(19)14-15-6-4-3-5-7-15/h3-7,11-13,19,27-28H,8-10,14H2,1-2H3. The summed E-state index contributed by atoms with van der Waals surface area (Å²) >= 11 is 0. The number of phenols is 2. The smallest absolute Gasteiger partial charge is 0.166 e. The molecule has 5 heteroatoms. The molecule has 0 saturated carbocycles. The van der Waals surface area contributed by atoms with Crippen molar-refractivity contribution >= 4 is 0 Å². The molecule has 1 atom stereocenters. The van der Waals surface area contributed by atoms with Gasteiger partial charge in [-0.25, -0.2) is 0 Å². The number of hydrogen-bond donors (Lipinski definition) is 2. The number of nitrogens with zero attached hydrogens (tertiary/aromatic N) is 1. The molecule has 0 aromatic heterocycles. The van der Waals surface area contributed by atoms with Crippen LogP contribution in [0.15, 0.2) is 48.5 Å². The minimum atomic E-state index is 0.118. The van der Waals surface area contributed by atoms with E-state index in [9.17, 15) is 10.2 Å². The monoisotopic (exact) mass is 403 g/mol. The normalized spacial score (nSPS) is 17.2. The van der Waals surface area contributed by atoms with Crippen LogP contribution in [0.1, 0.15) is 28.3 Å². The molecule has 1 heterocycles. The van der Waals surface area contributed by atoms with Crippen molar-refractivity contribution in [1.82, 2.24) is 4.90 Å². The predicted octanol–water partition coefficient (Wildman–Crippen LogP) is 4.44. The van der Waals surface area contributed by atoms with Crippen molar-refractivity contribution in [2.75, 3.05) is 20.8 Å². The first-order valence-electron chi connectivity index (χ1n) is 10.2. The Labute approximate surface area is 176 Å². The molecule has 0 bridgehead atoms. The SMILES string of the molecule is COc1cc2c(cc1O)CC1c3c(cc(OC)c(O)c3-2)CCN1Cc1ccccc1. The number of phenolic OH excluding ortho intramolecular Hbond substituents is 2. The lowest BCUT2D eigenvalue weighted by molar-refractivity contribution is 0.173. The maximum atomic E-state index is 11.1. The van der Waals surface area contributed by atoms with Crippen LogP contribution in [0.4, 0.5) is 0 Å². The zero-order valence-electron chi connectivity index (χ0n) is 17.2. The third-order valence-electron chi connectivity index (χ3n) is 6.37. The Bertz CT molecular complexity index is 1110. The van der Waals surface area contributed by atoms with Gasteiger partial charge in [0.05, 0.1) is 14.2 Å². The fraction of sp³-hybridized carbons (Fsp3) is 0.280. The summed E-state index contributed by atoms with van der Waals surface area (Å²) in [5.41, 5.74) is 6.34. The average molecular weight is 403 g/mol. The number of rotatable bonds is 4. The van der Waals surface area contributed by atoms with E-state index >= 15 is 0 Å². The molecule has 1 unspecified atom stereocenters. The highest BCUT2D eigenvalue weighted by atomic mass is 16.5. The molecule has 0 saturated heterocycles. The van der Waals surface area contributed by atoms with Gasteiger partial charge in [0, 0.05) is 24.7 Å². The summed E-state index contributed by atoms with van der Waals surface area (Å²) in [5.74, 6) is 1.16. The number of fused-ring (bicyclic) bond motifs is 2. The summed E-state index contributed by atoms with van der Waals surface area (Å²) in [5, 5.41) is 21.5. The second kappa shape index (κ2) is 7.26. The molecular weight excluding hydrogens is 378 g/mol. The third-order valence-corrected chi connectivity index (χ3v) is 6.37. The van der Waals surface area contributed by atoms with Gasteiger partial charge in [0.25, 0.3) is 0 Å². The highest BCUT2D eigenvalue weighted by Gasteiger charge is 2.37. The first-order valence-corrected chi connectivity index (χ1v) is 10.2. The van der Waals surface area contributed by atoms with E-state index in [0.717, 1.165) is 48.2 Å². The van der Waals surface area contributed by atoms with Crippen LogP contribution in [0, 0.1) is 0 Å². The molecule has 2 N–H and O–H groups in total. The Balaban J connectivity index is 1.69. The first-order chi connectivity index (χ1) is 14.6. The molecule has 3 aromatic carbocycles. The van der Waals surface area contributed by atoms with Crippen molar-refractivity contribution in [2.24, 2.45) is 0 Å². The van der Waals surface area contributed by atoms with Crippen LogP contribution < -0.4 is 9.47 Å². The van der Waals surface area contributed by atoms with Crippen LogP contribution in [0.25, 0.3) is 11.1 Å². The van der Waals surface area contributed by atoms with E-state index in [1.54, 1.807) is 13.2 Å². The third kappa shape index (κ3) is 2.89. The second-order valence-corrected chi connectivity index (χ2v) is 7.98. The van der Waals surface area contributed by atoms with E-state index in [1.807, 2.05) is 18.2 Å². The average Bonchev–Trinajstić information content (AvgIpc) is 2.77. The van der Waals surface area contributed by atoms with Gasteiger partial charge >= 0.3 is 0 Å². The quantitative estimate of drug-likeness (QED) is 0.675. The lowest BCUT2D eigenvalue weighted by Crippen LogP contribution is -2.38. The van der Waals surface area contributed by atoms with Crippen LogP contribution in [0.2, 0.25) is 0 Å². The summed E-state index contributed by atoms with van der Waals surface area (Å²) < 4.78 is 10.8. The molecule has 1 aliphatic heterocycles. The minimum Gasteiger partial charge on any atom is -0.504 e. The highest BCUT2D eigenvalue weighted by Crippen LogP contribution is 2.53. The Kier molecular flexibility index (Phi) is 4.55. The Hall–Kier alpha value is -3.18. The molecule has 0 radical (unpaired) electrons. The molecule has 0 amide bonds. The Morgan fingerprint density at radius 2 is 1.73 bits per heavy atom. The van der Waals surface area contributed by atoms with Gasteiger partial charge in [-0.2, -0.15) is 0 Å². The molecule has 30 heavy (non-hydrogen) atoms. The summed E-state index contributed by atoms with van der Waals surface area (Å²) in [6, 6.07) is 16.2. The van der Waals surface area contributed by atoms with E-state index in [2.05, 4.69) is 29.2 Å². The Morgan fingerprint density at radius 3 is 2.47 bits per heavy atom. The van der Waals surface area contributed by atoms with E-state index < -0.39 is 0 Å². The molecule has 0 spiro atoms. The van der Waals surface area contributed by atoms with Gasteiger partial charge in [-0.3, -0.25) is 4.90 Å². The second-order valence-electron chi connectivity index (χ2n) is 7.98. The molecule has 1 aliphatic carbocycles. The molecule has 154 valence electrons. The van der Waals surface area contributed by atoms with Gasteiger partial charge in [-0.05, 0) is 58.9 Å². The summed E-state index contributed by atoms with van der Waals surface area (Å²) in [6.45, 7) is 1.77. The fourth-order valence-electron chi connectivity index (χ4n) is 4.96. The van der Waals surface area contributed by atoms with Crippen LogP contribution in [-0.2, 0) is 19.4 Å². The summed E-state index contributed by atoms with van der Waals surface area (Å²) in [4.78, 5) is 2.47. The van der Waals surface area contributed by atoms with Gasteiger partial charge in [0.2, 0.25) is 0 Å². The van der Waals surface area contributed by atoms with E-state index in [4.69, 9.17) is 9.47 Å². The molecule has 2 aliphatic rings. The van der Waals surface area contributed by atoms with Crippen molar-refractivity contribution in [3.05, 3.63) is 70.8 Å².